The zero-order chi connectivity index (χ0) is 16.1. The SMILES string of the molecule is C[C@]1(C(=O)O)[C@@H]2C=CS[C@]2(C(=O)c2ccccc2)[C@H]1C(=O)O. The molecule has 0 radical (unpaired) electrons. The molecule has 22 heavy (non-hydrogen) atoms. The molecule has 0 aromatic heterocycles. The lowest BCUT2D eigenvalue weighted by Gasteiger charge is -2.58. The van der Waals surface area contributed by atoms with Crippen molar-refractivity contribution >= 4 is 29.5 Å². The Labute approximate surface area is 131 Å². The van der Waals surface area contributed by atoms with Gasteiger partial charge in [0.15, 0.2) is 5.78 Å². The highest BCUT2D eigenvalue weighted by atomic mass is 32.2. The van der Waals surface area contributed by atoms with Crippen LogP contribution in [0.1, 0.15) is 17.3 Å². The summed E-state index contributed by atoms with van der Waals surface area (Å²) in [5.41, 5.74) is -1.07. The molecule has 2 aliphatic rings. The van der Waals surface area contributed by atoms with Crippen LogP contribution in [-0.4, -0.2) is 32.7 Å². The van der Waals surface area contributed by atoms with Gasteiger partial charge in [-0.2, -0.15) is 0 Å². The van der Waals surface area contributed by atoms with E-state index in [0.29, 0.717) is 5.56 Å². The van der Waals surface area contributed by atoms with E-state index in [1.165, 1.54) is 6.92 Å². The van der Waals surface area contributed by atoms with Gasteiger partial charge in [-0.3, -0.25) is 14.4 Å². The normalized spacial score (nSPS) is 35.5. The van der Waals surface area contributed by atoms with E-state index < -0.39 is 33.9 Å². The first-order chi connectivity index (χ1) is 10.4. The lowest BCUT2D eigenvalue weighted by molar-refractivity contribution is -0.180. The molecule has 0 saturated heterocycles. The standard InChI is InChI=1S/C16H14O5S/c1-15(14(20)21)10-7-8-22-16(10,11(15)13(18)19)12(17)9-5-3-2-4-6-9/h2-8,10-11H,1H3,(H,18,19)(H,20,21)/t10-,11-,15-,16-/m0/s1. The number of Topliss-reactive ketones (excluding diaryl/α,β-unsaturated/α-hetero) is 1. The molecule has 1 aliphatic heterocycles. The Balaban J connectivity index is 2.11. The summed E-state index contributed by atoms with van der Waals surface area (Å²) in [6, 6.07) is 8.43. The van der Waals surface area contributed by atoms with Crippen molar-refractivity contribution in [2.75, 3.05) is 0 Å². The molecular weight excluding hydrogens is 304 g/mol. The third kappa shape index (κ3) is 1.58. The van der Waals surface area contributed by atoms with Crippen LogP contribution in [0.5, 0.6) is 0 Å². The number of ketones is 1. The number of hydrogen-bond acceptors (Lipinski definition) is 4. The fourth-order valence-corrected chi connectivity index (χ4v) is 5.34. The highest BCUT2D eigenvalue weighted by Crippen LogP contribution is 2.69. The molecule has 0 amide bonds. The van der Waals surface area contributed by atoms with Gasteiger partial charge >= 0.3 is 11.9 Å². The molecule has 3 rings (SSSR count). The topological polar surface area (TPSA) is 91.7 Å². The Morgan fingerprint density at radius 1 is 1.14 bits per heavy atom. The molecule has 1 heterocycles. The zero-order valence-electron chi connectivity index (χ0n) is 11.7. The minimum Gasteiger partial charge on any atom is -0.481 e. The van der Waals surface area contributed by atoms with E-state index in [1.54, 1.807) is 41.8 Å². The minimum absolute atomic E-state index is 0.320. The number of carbonyl (C=O) groups is 3. The highest BCUT2D eigenvalue weighted by Gasteiger charge is 2.78. The Kier molecular flexibility index (Phi) is 3.18. The number of aliphatic carboxylic acids is 2. The van der Waals surface area contributed by atoms with E-state index in [-0.39, 0.29) is 5.78 Å². The molecule has 1 saturated carbocycles. The summed E-state index contributed by atoms with van der Waals surface area (Å²) in [4.78, 5) is 36.3. The number of carboxylic acid groups (broad SMARTS) is 2. The molecule has 0 bridgehead atoms. The van der Waals surface area contributed by atoms with Gasteiger partial charge in [0.25, 0.3) is 0 Å². The van der Waals surface area contributed by atoms with Crippen molar-refractivity contribution in [2.24, 2.45) is 17.3 Å². The van der Waals surface area contributed by atoms with Gasteiger partial charge in [-0.05, 0) is 12.3 Å². The molecule has 6 heteroatoms. The van der Waals surface area contributed by atoms with Gasteiger partial charge in [0.2, 0.25) is 0 Å². The summed E-state index contributed by atoms with van der Waals surface area (Å²) in [7, 11) is 0. The molecule has 1 aliphatic carbocycles. The summed E-state index contributed by atoms with van der Waals surface area (Å²) in [5, 5.41) is 20.7. The van der Waals surface area contributed by atoms with Crippen LogP contribution in [0.15, 0.2) is 41.8 Å². The average molecular weight is 318 g/mol. The number of rotatable bonds is 4. The second kappa shape index (κ2) is 4.71. The number of fused-ring (bicyclic) bond motifs is 1. The maximum atomic E-state index is 12.9. The number of carboxylic acids is 2. The van der Waals surface area contributed by atoms with Gasteiger partial charge in [0, 0.05) is 11.5 Å². The van der Waals surface area contributed by atoms with Gasteiger partial charge in [-0.25, -0.2) is 0 Å². The van der Waals surface area contributed by atoms with Crippen molar-refractivity contribution in [3.8, 4) is 0 Å². The molecule has 2 N–H and O–H groups in total. The largest absolute Gasteiger partial charge is 0.481 e. The summed E-state index contributed by atoms with van der Waals surface area (Å²) in [6.07, 6.45) is 1.65. The van der Waals surface area contributed by atoms with E-state index in [1.807, 2.05) is 0 Å². The predicted molar refractivity (Wildman–Crippen MR) is 80.6 cm³/mol. The summed E-state index contributed by atoms with van der Waals surface area (Å²) < 4.78 is -1.26. The number of thioether (sulfide) groups is 1. The third-order valence-electron chi connectivity index (χ3n) is 4.77. The van der Waals surface area contributed by atoms with Crippen LogP contribution < -0.4 is 0 Å². The van der Waals surface area contributed by atoms with E-state index >= 15 is 0 Å². The Hall–Kier alpha value is -2.08. The first-order valence-electron chi connectivity index (χ1n) is 6.77. The van der Waals surface area contributed by atoms with Crippen LogP contribution in [-0.2, 0) is 9.59 Å². The quantitative estimate of drug-likeness (QED) is 0.828. The number of carbonyl (C=O) groups excluding carboxylic acids is 1. The molecule has 1 aromatic rings. The van der Waals surface area contributed by atoms with E-state index in [9.17, 15) is 24.6 Å². The average Bonchev–Trinajstić information content (AvgIpc) is 2.87. The lowest BCUT2D eigenvalue weighted by atomic mass is 9.45. The Bertz CT molecular complexity index is 698. The van der Waals surface area contributed by atoms with Gasteiger partial charge in [-0.1, -0.05) is 36.4 Å². The summed E-state index contributed by atoms with van der Waals surface area (Å²) >= 11 is 1.12. The van der Waals surface area contributed by atoms with Crippen LogP contribution in [0.4, 0.5) is 0 Å². The van der Waals surface area contributed by atoms with Gasteiger partial charge in [0.1, 0.15) is 4.75 Å². The van der Waals surface area contributed by atoms with Gasteiger partial charge < -0.3 is 10.2 Å². The zero-order valence-corrected chi connectivity index (χ0v) is 12.5. The van der Waals surface area contributed by atoms with E-state index in [2.05, 4.69) is 0 Å². The summed E-state index contributed by atoms with van der Waals surface area (Å²) in [6.45, 7) is 1.41. The smallest absolute Gasteiger partial charge is 0.310 e. The van der Waals surface area contributed by atoms with Crippen LogP contribution in [0.2, 0.25) is 0 Å². The molecule has 0 spiro atoms. The molecule has 4 atom stereocenters. The van der Waals surface area contributed by atoms with Crippen molar-refractivity contribution in [3.63, 3.8) is 0 Å². The molecule has 0 unspecified atom stereocenters. The lowest BCUT2D eigenvalue weighted by Crippen LogP contribution is -2.73. The maximum absolute atomic E-state index is 12.9. The van der Waals surface area contributed by atoms with Crippen molar-refractivity contribution in [1.82, 2.24) is 0 Å². The third-order valence-corrected chi connectivity index (χ3v) is 6.13. The predicted octanol–water partition coefficient (Wildman–Crippen LogP) is 2.29. The number of benzene rings is 1. The summed E-state index contributed by atoms with van der Waals surface area (Å²) in [5.74, 6) is -4.65. The van der Waals surface area contributed by atoms with Crippen molar-refractivity contribution in [2.45, 2.75) is 11.7 Å². The second-order valence-electron chi connectivity index (χ2n) is 5.77. The Morgan fingerprint density at radius 3 is 2.32 bits per heavy atom. The van der Waals surface area contributed by atoms with Crippen LogP contribution in [0.3, 0.4) is 0 Å². The second-order valence-corrected chi connectivity index (χ2v) is 6.95. The molecular formula is C16H14O5S. The maximum Gasteiger partial charge on any atom is 0.310 e. The highest BCUT2D eigenvalue weighted by molar-refractivity contribution is 8.04. The van der Waals surface area contributed by atoms with E-state index in [4.69, 9.17) is 0 Å². The van der Waals surface area contributed by atoms with Crippen LogP contribution in [0.25, 0.3) is 0 Å². The van der Waals surface area contributed by atoms with Gasteiger partial charge in [0.05, 0.1) is 11.3 Å². The van der Waals surface area contributed by atoms with Crippen LogP contribution in [0, 0.1) is 17.3 Å². The van der Waals surface area contributed by atoms with Crippen molar-refractivity contribution < 1.29 is 24.6 Å². The fourth-order valence-electron chi connectivity index (χ4n) is 3.71. The molecule has 5 nitrogen and oxygen atoms in total. The van der Waals surface area contributed by atoms with Gasteiger partial charge in [-0.15, -0.1) is 11.8 Å². The van der Waals surface area contributed by atoms with E-state index in [0.717, 1.165) is 11.8 Å². The van der Waals surface area contributed by atoms with Crippen molar-refractivity contribution in [3.05, 3.63) is 47.4 Å². The molecule has 114 valence electrons. The minimum atomic E-state index is -1.48. The Morgan fingerprint density at radius 2 is 1.77 bits per heavy atom. The van der Waals surface area contributed by atoms with Crippen LogP contribution >= 0.6 is 11.8 Å². The number of allylic oxidation sites excluding steroid dienone is 1. The fraction of sp³-hybridized carbons (Fsp3) is 0.312. The molecule has 1 aromatic carbocycles. The first-order valence-corrected chi connectivity index (χ1v) is 7.65. The molecule has 1 fully saturated rings. The van der Waals surface area contributed by atoms with Crippen molar-refractivity contribution in [1.29, 1.82) is 0 Å². The number of hydrogen-bond donors (Lipinski definition) is 2. The first kappa shape index (κ1) is 14.8. The monoisotopic (exact) mass is 318 g/mol.